The van der Waals surface area contributed by atoms with Gasteiger partial charge < -0.3 is 29.4 Å². The fourth-order valence-corrected chi connectivity index (χ4v) is 6.17. The summed E-state index contributed by atoms with van der Waals surface area (Å²) in [5.41, 5.74) is 5.67. The number of aromatic nitrogens is 1. The summed E-state index contributed by atoms with van der Waals surface area (Å²) in [6.07, 6.45) is -1.09. The van der Waals surface area contributed by atoms with Crippen LogP contribution in [-0.2, 0) is 25.7 Å². The van der Waals surface area contributed by atoms with E-state index in [0.29, 0.717) is 34.4 Å². The molecule has 0 radical (unpaired) electrons. The molecule has 2 heterocycles. The van der Waals surface area contributed by atoms with Gasteiger partial charge in [-0.05, 0) is 23.3 Å². The minimum absolute atomic E-state index is 0.0477. The number of ether oxygens (including phenoxy) is 2. The monoisotopic (exact) mass is 650 g/mol. The SMILES string of the molecule is O=C(O)CCC(=O)Nc1cccc([C@H]2O[C@@H](CSc3nc(-c4ccccc4)c(-c4ccccc4)o3)C[C@@H](c3ccc(CO)cc3)O2)c1. The van der Waals surface area contributed by atoms with Gasteiger partial charge in [0.05, 0.1) is 25.2 Å². The number of amides is 1. The number of thioether (sulfide) groups is 1. The molecular weight excluding hydrogens is 616 g/mol. The number of carboxylic acid groups (broad SMARTS) is 1. The van der Waals surface area contributed by atoms with Crippen LogP contribution >= 0.6 is 11.8 Å². The van der Waals surface area contributed by atoms with Gasteiger partial charge in [-0.15, -0.1) is 0 Å². The number of rotatable bonds is 12. The molecule has 0 spiro atoms. The molecule has 1 fully saturated rings. The Morgan fingerprint density at radius 2 is 1.55 bits per heavy atom. The highest BCUT2D eigenvalue weighted by molar-refractivity contribution is 7.99. The summed E-state index contributed by atoms with van der Waals surface area (Å²) in [5, 5.41) is 21.7. The maximum Gasteiger partial charge on any atom is 0.303 e. The predicted octanol–water partition coefficient (Wildman–Crippen LogP) is 7.64. The zero-order chi connectivity index (χ0) is 32.6. The minimum atomic E-state index is -1.03. The third-order valence-corrected chi connectivity index (χ3v) is 8.67. The van der Waals surface area contributed by atoms with Crippen LogP contribution in [0.25, 0.3) is 22.6 Å². The van der Waals surface area contributed by atoms with Crippen molar-refractivity contribution in [3.05, 3.63) is 126 Å². The number of aliphatic hydroxyl groups is 1. The van der Waals surface area contributed by atoms with Crippen LogP contribution in [0.4, 0.5) is 5.69 Å². The number of hydrogen-bond acceptors (Lipinski definition) is 8. The van der Waals surface area contributed by atoms with Gasteiger partial charge in [0.2, 0.25) is 5.91 Å². The van der Waals surface area contributed by atoms with Crippen molar-refractivity contribution in [3.8, 4) is 22.6 Å². The van der Waals surface area contributed by atoms with Gasteiger partial charge in [-0.3, -0.25) is 9.59 Å². The second-order valence-corrected chi connectivity index (χ2v) is 12.1. The van der Waals surface area contributed by atoms with E-state index in [0.717, 1.165) is 27.9 Å². The van der Waals surface area contributed by atoms with Crippen LogP contribution in [0, 0.1) is 0 Å². The first-order valence-corrected chi connectivity index (χ1v) is 16.3. The zero-order valence-electron chi connectivity index (χ0n) is 25.5. The Kier molecular flexibility index (Phi) is 10.4. The Balaban J connectivity index is 1.23. The lowest BCUT2D eigenvalue weighted by molar-refractivity contribution is -0.245. The number of carbonyl (C=O) groups excluding carboxylic acids is 1. The smallest absolute Gasteiger partial charge is 0.303 e. The largest absolute Gasteiger partial charge is 0.481 e. The fourth-order valence-electron chi connectivity index (χ4n) is 5.33. The Hall–Kier alpha value is -4.74. The second-order valence-electron chi connectivity index (χ2n) is 11.1. The van der Waals surface area contributed by atoms with Gasteiger partial charge in [-0.1, -0.05) is 109 Å². The van der Waals surface area contributed by atoms with Gasteiger partial charge in [0.1, 0.15) is 5.69 Å². The Morgan fingerprint density at radius 3 is 2.26 bits per heavy atom. The highest BCUT2D eigenvalue weighted by atomic mass is 32.2. The van der Waals surface area contributed by atoms with Crippen LogP contribution in [0.15, 0.2) is 119 Å². The number of anilines is 1. The summed E-state index contributed by atoms with van der Waals surface area (Å²) < 4.78 is 19.3. The van der Waals surface area contributed by atoms with E-state index >= 15 is 0 Å². The number of nitrogens with zero attached hydrogens (tertiary/aromatic N) is 1. The summed E-state index contributed by atoms with van der Waals surface area (Å²) in [6.45, 7) is -0.0477. The molecule has 0 aliphatic carbocycles. The summed E-state index contributed by atoms with van der Waals surface area (Å²) in [7, 11) is 0. The van der Waals surface area contributed by atoms with Crippen LogP contribution in [0.2, 0.25) is 0 Å². The second kappa shape index (κ2) is 15.2. The van der Waals surface area contributed by atoms with Gasteiger partial charge in [-0.25, -0.2) is 4.98 Å². The Morgan fingerprint density at radius 1 is 0.830 bits per heavy atom. The van der Waals surface area contributed by atoms with E-state index in [1.807, 2.05) is 91.0 Å². The van der Waals surface area contributed by atoms with Crippen LogP contribution in [0.5, 0.6) is 0 Å². The predicted molar refractivity (Wildman–Crippen MR) is 178 cm³/mol. The minimum Gasteiger partial charge on any atom is -0.481 e. The number of aliphatic carboxylic acids is 1. The van der Waals surface area contributed by atoms with E-state index in [-0.39, 0.29) is 37.6 Å². The van der Waals surface area contributed by atoms with Crippen molar-refractivity contribution in [2.75, 3.05) is 11.1 Å². The molecule has 5 aromatic rings. The lowest BCUT2D eigenvalue weighted by Gasteiger charge is -2.36. The zero-order valence-corrected chi connectivity index (χ0v) is 26.3. The summed E-state index contributed by atoms with van der Waals surface area (Å²) >= 11 is 1.47. The highest BCUT2D eigenvalue weighted by Crippen LogP contribution is 2.41. The van der Waals surface area contributed by atoms with Gasteiger partial charge >= 0.3 is 5.97 Å². The summed E-state index contributed by atoms with van der Waals surface area (Å²) in [4.78, 5) is 28.1. The molecule has 9 nitrogen and oxygen atoms in total. The molecule has 0 bridgehead atoms. The van der Waals surface area contributed by atoms with Crippen LogP contribution < -0.4 is 5.32 Å². The van der Waals surface area contributed by atoms with E-state index in [9.17, 15) is 14.7 Å². The molecule has 3 N–H and O–H groups in total. The third-order valence-electron chi connectivity index (χ3n) is 7.71. The van der Waals surface area contributed by atoms with Gasteiger partial charge in [0.25, 0.3) is 5.22 Å². The number of aliphatic hydroxyl groups excluding tert-OH is 1. The average molecular weight is 651 g/mol. The van der Waals surface area contributed by atoms with E-state index < -0.39 is 12.3 Å². The quantitative estimate of drug-likeness (QED) is 0.117. The molecule has 1 aliphatic rings. The molecule has 1 saturated heterocycles. The number of carbonyl (C=O) groups is 2. The molecule has 10 heteroatoms. The topological polar surface area (TPSA) is 131 Å². The Labute approximate surface area is 276 Å². The molecule has 0 saturated carbocycles. The van der Waals surface area contributed by atoms with E-state index in [1.54, 1.807) is 18.2 Å². The van der Waals surface area contributed by atoms with E-state index in [2.05, 4.69) is 5.32 Å². The number of nitrogens with one attached hydrogen (secondary N) is 1. The molecule has 3 atom stereocenters. The summed E-state index contributed by atoms with van der Waals surface area (Å²) in [5.74, 6) is -0.173. The van der Waals surface area contributed by atoms with Crippen molar-refractivity contribution in [3.63, 3.8) is 0 Å². The number of carboxylic acids is 1. The fraction of sp³-hybridized carbons (Fsp3) is 0.216. The van der Waals surface area contributed by atoms with E-state index in [1.165, 1.54) is 11.8 Å². The first kappa shape index (κ1) is 32.2. The van der Waals surface area contributed by atoms with Crippen LogP contribution in [0.1, 0.15) is 48.3 Å². The molecule has 6 rings (SSSR count). The number of hydrogen-bond donors (Lipinski definition) is 3. The number of oxazole rings is 1. The van der Waals surface area contributed by atoms with Crippen molar-refractivity contribution in [1.82, 2.24) is 4.98 Å². The first-order valence-electron chi connectivity index (χ1n) is 15.3. The standard InChI is InChI=1S/C37H34N2O7S/c40-22-24-14-16-25(17-15-24)31-21-30(44-36(45-31)28-12-7-13-29(20-28)38-32(41)18-19-33(42)43)23-47-37-39-34(26-8-3-1-4-9-26)35(46-37)27-10-5-2-6-11-27/h1-17,20,30-31,36,40H,18-19,21-23H2,(H,38,41)(H,42,43)/t30-,31+,36+/m1/s1. The molecular formula is C37H34N2O7S. The lowest BCUT2D eigenvalue weighted by atomic mass is 10.0. The van der Waals surface area contributed by atoms with Crippen LogP contribution in [-0.4, -0.2) is 38.9 Å². The van der Waals surface area contributed by atoms with E-state index in [4.69, 9.17) is 24.0 Å². The molecule has 4 aromatic carbocycles. The normalized spacial score (nSPS) is 17.7. The number of benzene rings is 4. The molecule has 0 unspecified atom stereocenters. The van der Waals surface area contributed by atoms with Gasteiger partial charge in [-0.2, -0.15) is 0 Å². The van der Waals surface area contributed by atoms with Crippen molar-refractivity contribution in [2.24, 2.45) is 0 Å². The lowest BCUT2D eigenvalue weighted by Crippen LogP contribution is -2.31. The van der Waals surface area contributed by atoms with Crippen molar-refractivity contribution in [1.29, 1.82) is 0 Å². The maximum absolute atomic E-state index is 12.3. The molecule has 240 valence electrons. The van der Waals surface area contributed by atoms with Crippen LogP contribution in [0.3, 0.4) is 0 Å². The molecule has 1 aromatic heterocycles. The van der Waals surface area contributed by atoms with Crippen molar-refractivity contribution < 1.29 is 33.7 Å². The summed E-state index contributed by atoms with van der Waals surface area (Å²) in [6, 6.07) is 34.7. The van der Waals surface area contributed by atoms with Crippen molar-refractivity contribution in [2.45, 2.75) is 49.6 Å². The molecule has 1 amide bonds. The third kappa shape index (κ3) is 8.35. The molecule has 1 aliphatic heterocycles. The average Bonchev–Trinajstić information content (AvgIpc) is 3.55. The van der Waals surface area contributed by atoms with Gasteiger partial charge in [0.15, 0.2) is 12.1 Å². The van der Waals surface area contributed by atoms with Crippen molar-refractivity contribution >= 4 is 29.3 Å². The Bertz CT molecular complexity index is 1740. The van der Waals surface area contributed by atoms with Gasteiger partial charge in [0, 0.05) is 41.0 Å². The maximum atomic E-state index is 12.3. The highest BCUT2D eigenvalue weighted by Gasteiger charge is 2.33. The first-order chi connectivity index (χ1) is 22.9. The molecule has 47 heavy (non-hydrogen) atoms.